The van der Waals surface area contributed by atoms with Crippen molar-refractivity contribution in [1.82, 2.24) is 15.0 Å². The quantitative estimate of drug-likeness (QED) is 0.228. The molecular weight excluding hydrogens is 498 g/mol. The van der Waals surface area contributed by atoms with Gasteiger partial charge >= 0.3 is 0 Å². The highest BCUT2D eigenvalue weighted by Crippen LogP contribution is 2.62. The number of benzene rings is 4. The molecule has 3 aromatic heterocycles. The molecule has 4 aromatic carbocycles. The lowest BCUT2D eigenvalue weighted by Gasteiger charge is -2.30. The van der Waals surface area contributed by atoms with E-state index in [1.54, 1.807) is 0 Å². The Morgan fingerprint density at radius 2 is 1.10 bits per heavy atom. The zero-order valence-electron chi connectivity index (χ0n) is 22.1. The van der Waals surface area contributed by atoms with Crippen molar-refractivity contribution in [3.8, 4) is 44.9 Å². The highest BCUT2D eigenvalue weighted by molar-refractivity contribution is 5.98. The van der Waals surface area contributed by atoms with E-state index in [-0.39, 0.29) is 0 Å². The van der Waals surface area contributed by atoms with E-state index in [2.05, 4.69) is 115 Å². The normalized spacial score (nSPS) is 13.6. The molecule has 3 heteroatoms. The van der Waals surface area contributed by atoms with Gasteiger partial charge in [-0.25, -0.2) is 4.98 Å². The molecule has 0 radical (unpaired) electrons. The first-order chi connectivity index (χ1) is 20.3. The Balaban J connectivity index is 1.35. The summed E-state index contributed by atoms with van der Waals surface area (Å²) in [5.74, 6) is 0. The van der Waals surface area contributed by atoms with E-state index in [0.29, 0.717) is 0 Å². The van der Waals surface area contributed by atoms with Gasteiger partial charge in [-0.3, -0.25) is 9.97 Å². The van der Waals surface area contributed by atoms with Crippen LogP contribution in [0.2, 0.25) is 0 Å². The third-order valence-corrected chi connectivity index (χ3v) is 8.79. The average molecular weight is 522 g/mol. The van der Waals surface area contributed by atoms with Crippen molar-refractivity contribution in [3.63, 3.8) is 0 Å². The fraction of sp³-hybridized carbons (Fsp3) is 0.0263. The second kappa shape index (κ2) is 8.30. The molecule has 0 saturated heterocycles. The summed E-state index contributed by atoms with van der Waals surface area (Å²) >= 11 is 0. The number of hydrogen-bond donors (Lipinski definition) is 0. The topological polar surface area (TPSA) is 38.7 Å². The van der Waals surface area contributed by atoms with E-state index >= 15 is 0 Å². The fourth-order valence-electron chi connectivity index (χ4n) is 7.14. The van der Waals surface area contributed by atoms with Gasteiger partial charge in [0.25, 0.3) is 0 Å². The molecule has 41 heavy (non-hydrogen) atoms. The third kappa shape index (κ3) is 2.95. The molecule has 7 aromatic rings. The number of fused-ring (bicyclic) bond motifs is 11. The standard InChI is InChI=1S/C38H23N3/c1-2-10-24(11-3-1)29-23-35(41-34-17-7-5-13-28(29)34)25-18-19-27-26-12-4-6-14-30(26)38(33(27)22-25)31-15-8-20-39-36(31)37-32(38)16-9-21-40-37/h1-23H. The van der Waals surface area contributed by atoms with Crippen LogP contribution in [0.3, 0.4) is 0 Å². The molecule has 0 N–H and O–H groups in total. The SMILES string of the molecule is c1ccc(-c2cc(-c3ccc4c(c3)C3(c5ccccc5-4)c4cccnc4-c4ncccc43)nc3ccccc23)cc1. The van der Waals surface area contributed by atoms with Crippen molar-refractivity contribution in [1.29, 1.82) is 0 Å². The van der Waals surface area contributed by atoms with E-state index < -0.39 is 5.41 Å². The van der Waals surface area contributed by atoms with Crippen molar-refractivity contribution in [2.45, 2.75) is 5.41 Å². The van der Waals surface area contributed by atoms with Gasteiger partial charge in [-0.2, -0.15) is 0 Å². The molecule has 0 saturated carbocycles. The zero-order valence-corrected chi connectivity index (χ0v) is 22.1. The van der Waals surface area contributed by atoms with Crippen molar-refractivity contribution in [3.05, 3.63) is 162 Å². The summed E-state index contributed by atoms with van der Waals surface area (Å²) in [5.41, 5.74) is 14.3. The summed E-state index contributed by atoms with van der Waals surface area (Å²) in [6.45, 7) is 0. The number of hydrogen-bond acceptors (Lipinski definition) is 3. The highest BCUT2D eigenvalue weighted by atomic mass is 14.8. The Morgan fingerprint density at radius 3 is 1.90 bits per heavy atom. The number of para-hydroxylation sites is 1. The Labute approximate surface area is 237 Å². The summed E-state index contributed by atoms with van der Waals surface area (Å²) in [7, 11) is 0. The second-order valence-electron chi connectivity index (χ2n) is 10.8. The Kier molecular flexibility index (Phi) is 4.53. The number of nitrogens with zero attached hydrogens (tertiary/aromatic N) is 3. The summed E-state index contributed by atoms with van der Waals surface area (Å²) in [4.78, 5) is 14.9. The molecule has 0 bridgehead atoms. The third-order valence-electron chi connectivity index (χ3n) is 8.79. The van der Waals surface area contributed by atoms with Crippen LogP contribution in [0.5, 0.6) is 0 Å². The minimum Gasteiger partial charge on any atom is -0.254 e. The van der Waals surface area contributed by atoms with Crippen LogP contribution in [0.25, 0.3) is 55.8 Å². The van der Waals surface area contributed by atoms with Crippen LogP contribution < -0.4 is 0 Å². The van der Waals surface area contributed by atoms with Gasteiger partial charge in [0.1, 0.15) is 0 Å². The fourth-order valence-corrected chi connectivity index (χ4v) is 7.14. The minimum atomic E-state index is -0.478. The van der Waals surface area contributed by atoms with E-state index in [4.69, 9.17) is 15.0 Å². The molecule has 0 unspecified atom stereocenters. The van der Waals surface area contributed by atoms with Crippen LogP contribution in [0.15, 0.2) is 140 Å². The first kappa shape index (κ1) is 22.4. The van der Waals surface area contributed by atoms with Gasteiger partial charge in [0.2, 0.25) is 0 Å². The van der Waals surface area contributed by atoms with Crippen molar-refractivity contribution in [2.24, 2.45) is 0 Å². The van der Waals surface area contributed by atoms with Gasteiger partial charge < -0.3 is 0 Å². The number of pyridine rings is 3. The maximum Gasteiger partial charge on any atom is 0.0937 e. The Bertz CT molecular complexity index is 2100. The van der Waals surface area contributed by atoms with Crippen LogP contribution in [-0.4, -0.2) is 15.0 Å². The van der Waals surface area contributed by atoms with Crippen molar-refractivity contribution in [2.75, 3.05) is 0 Å². The van der Waals surface area contributed by atoms with Gasteiger partial charge in [0, 0.05) is 23.3 Å². The molecule has 0 fully saturated rings. The lowest BCUT2D eigenvalue weighted by molar-refractivity contribution is 0.789. The molecule has 3 nitrogen and oxygen atoms in total. The average Bonchev–Trinajstić information content (AvgIpc) is 3.52. The molecule has 1 spiro atoms. The predicted molar refractivity (Wildman–Crippen MR) is 165 cm³/mol. The number of aromatic nitrogens is 3. The van der Waals surface area contributed by atoms with E-state index in [0.717, 1.165) is 33.5 Å². The monoisotopic (exact) mass is 521 g/mol. The molecule has 0 atom stereocenters. The van der Waals surface area contributed by atoms with Gasteiger partial charge in [-0.05, 0) is 74.8 Å². The van der Waals surface area contributed by atoms with Gasteiger partial charge in [0.15, 0.2) is 0 Å². The Hall–Kier alpha value is -5.41. The van der Waals surface area contributed by atoms with Crippen molar-refractivity contribution >= 4 is 10.9 Å². The van der Waals surface area contributed by atoms with E-state index in [1.807, 2.05) is 24.5 Å². The number of rotatable bonds is 2. The minimum absolute atomic E-state index is 0.478. The zero-order chi connectivity index (χ0) is 27.0. The molecule has 0 amide bonds. The first-order valence-electron chi connectivity index (χ1n) is 14.0. The smallest absolute Gasteiger partial charge is 0.0937 e. The van der Waals surface area contributed by atoms with Crippen LogP contribution in [-0.2, 0) is 5.41 Å². The summed E-state index contributed by atoms with van der Waals surface area (Å²) in [6, 6.07) is 45.5. The largest absolute Gasteiger partial charge is 0.254 e. The van der Waals surface area contributed by atoms with E-state index in [9.17, 15) is 0 Å². The highest BCUT2D eigenvalue weighted by Gasteiger charge is 2.52. The summed E-state index contributed by atoms with van der Waals surface area (Å²) in [5, 5.41) is 1.16. The molecule has 3 heterocycles. The van der Waals surface area contributed by atoms with Crippen LogP contribution in [0, 0.1) is 0 Å². The Morgan fingerprint density at radius 1 is 0.439 bits per heavy atom. The molecule has 190 valence electrons. The van der Waals surface area contributed by atoms with E-state index in [1.165, 1.54) is 44.5 Å². The maximum absolute atomic E-state index is 5.19. The first-order valence-corrected chi connectivity index (χ1v) is 14.0. The lowest BCUT2D eigenvalue weighted by Crippen LogP contribution is -2.26. The van der Waals surface area contributed by atoms with Crippen LogP contribution in [0.4, 0.5) is 0 Å². The van der Waals surface area contributed by atoms with Crippen molar-refractivity contribution < 1.29 is 0 Å². The summed E-state index contributed by atoms with van der Waals surface area (Å²) in [6.07, 6.45) is 3.75. The molecule has 9 rings (SSSR count). The second-order valence-corrected chi connectivity index (χ2v) is 10.8. The van der Waals surface area contributed by atoms with Crippen LogP contribution >= 0.6 is 0 Å². The van der Waals surface area contributed by atoms with Gasteiger partial charge in [-0.1, -0.05) is 97.1 Å². The summed E-state index contributed by atoms with van der Waals surface area (Å²) < 4.78 is 0. The van der Waals surface area contributed by atoms with Gasteiger partial charge in [-0.15, -0.1) is 0 Å². The lowest BCUT2D eigenvalue weighted by atomic mass is 9.71. The molecule has 2 aliphatic carbocycles. The molecule has 2 aliphatic rings. The maximum atomic E-state index is 5.19. The van der Waals surface area contributed by atoms with Crippen LogP contribution in [0.1, 0.15) is 22.3 Å². The molecule has 0 aliphatic heterocycles. The molecular formula is C38H23N3. The van der Waals surface area contributed by atoms with Gasteiger partial charge in [0.05, 0.1) is 28.0 Å². The predicted octanol–water partition coefficient (Wildman–Crippen LogP) is 8.70.